The maximum atomic E-state index is 13.3. The summed E-state index contributed by atoms with van der Waals surface area (Å²) in [6, 6.07) is 22.5. The highest BCUT2D eigenvalue weighted by molar-refractivity contribution is 6.42. The number of para-hydroxylation sites is 1. The van der Waals surface area contributed by atoms with Gasteiger partial charge in [0.25, 0.3) is 5.91 Å². The molecule has 1 atom stereocenters. The summed E-state index contributed by atoms with van der Waals surface area (Å²) >= 11 is 12.6. The van der Waals surface area contributed by atoms with E-state index >= 15 is 0 Å². The van der Waals surface area contributed by atoms with Gasteiger partial charge in [-0.2, -0.15) is 0 Å². The van der Waals surface area contributed by atoms with Crippen LogP contribution in [0.2, 0.25) is 10.0 Å². The molecule has 1 saturated heterocycles. The van der Waals surface area contributed by atoms with Crippen LogP contribution in [0.4, 0.5) is 5.69 Å². The van der Waals surface area contributed by atoms with E-state index in [0.717, 1.165) is 61.4 Å². The van der Waals surface area contributed by atoms with E-state index in [1.165, 1.54) is 5.69 Å². The molecule has 0 bridgehead atoms. The predicted molar refractivity (Wildman–Crippen MR) is 152 cm³/mol. The number of piperazine rings is 1. The highest BCUT2D eigenvalue weighted by Gasteiger charge is 2.23. The number of halogens is 2. The molecule has 0 N–H and O–H groups in total. The van der Waals surface area contributed by atoms with E-state index in [-0.39, 0.29) is 11.8 Å². The number of hydrogen-bond donors (Lipinski definition) is 0. The molecule has 1 amide bonds. The summed E-state index contributed by atoms with van der Waals surface area (Å²) in [5.74, 6) is 0.204. The molecule has 0 saturated carbocycles. The van der Waals surface area contributed by atoms with Crippen molar-refractivity contribution in [2.75, 3.05) is 51.2 Å². The highest BCUT2D eigenvalue weighted by atomic mass is 35.5. The summed E-state index contributed by atoms with van der Waals surface area (Å²) in [5, 5.41) is 1.11. The Balaban J connectivity index is 1.43. The minimum absolute atomic E-state index is 0.0448. The Hall–Kier alpha value is -2.53. The minimum Gasteiger partial charge on any atom is -0.369 e. The number of likely N-dealkylation sites (N-methyl/N-ethyl adjacent to an activating group) is 1. The lowest BCUT2D eigenvalue weighted by atomic mass is 9.94. The number of hydrogen-bond acceptors (Lipinski definition) is 3. The standard InChI is InChI=1S/C30H35Cl2N3O/c1-22-17-23(2)19-26(18-22)30(36)33(3)21-25(24-9-10-28(31)29(32)20-24)11-12-34-13-15-35(16-14-34)27-7-5-4-6-8-27/h4-10,17-20,25H,11-16,21H2,1-3H3. The molecular weight excluding hydrogens is 489 g/mol. The Morgan fingerprint density at radius 3 is 2.19 bits per heavy atom. The predicted octanol–water partition coefficient (Wildman–Crippen LogP) is 6.68. The van der Waals surface area contributed by atoms with Crippen LogP contribution in [0.5, 0.6) is 0 Å². The maximum absolute atomic E-state index is 13.3. The summed E-state index contributed by atoms with van der Waals surface area (Å²) in [6.07, 6.45) is 0.938. The Morgan fingerprint density at radius 2 is 1.56 bits per heavy atom. The monoisotopic (exact) mass is 523 g/mol. The average molecular weight is 525 g/mol. The number of nitrogens with zero attached hydrogens (tertiary/aromatic N) is 3. The van der Waals surface area contributed by atoms with Gasteiger partial charge in [-0.05, 0) is 68.8 Å². The van der Waals surface area contributed by atoms with Crippen molar-refractivity contribution in [1.82, 2.24) is 9.80 Å². The van der Waals surface area contributed by atoms with Gasteiger partial charge in [0.2, 0.25) is 0 Å². The van der Waals surface area contributed by atoms with Gasteiger partial charge in [-0.3, -0.25) is 9.69 Å². The number of benzene rings is 3. The van der Waals surface area contributed by atoms with Gasteiger partial charge in [0.05, 0.1) is 10.0 Å². The lowest BCUT2D eigenvalue weighted by molar-refractivity contribution is 0.0782. The Bertz CT molecular complexity index is 1160. The summed E-state index contributed by atoms with van der Waals surface area (Å²) < 4.78 is 0. The summed E-state index contributed by atoms with van der Waals surface area (Å²) in [6.45, 7) is 9.74. The number of carbonyl (C=O) groups excluding carboxylic acids is 1. The van der Waals surface area contributed by atoms with Crippen molar-refractivity contribution in [3.63, 3.8) is 0 Å². The van der Waals surface area contributed by atoms with E-state index in [1.54, 1.807) is 0 Å². The Kier molecular flexibility index (Phi) is 8.95. The third kappa shape index (κ3) is 6.82. The molecule has 1 fully saturated rings. The van der Waals surface area contributed by atoms with Crippen molar-refractivity contribution in [2.45, 2.75) is 26.2 Å². The molecule has 3 aromatic carbocycles. The molecule has 3 aromatic rings. The second-order valence-corrected chi connectivity index (χ2v) is 10.7. The highest BCUT2D eigenvalue weighted by Crippen LogP contribution is 2.29. The van der Waals surface area contributed by atoms with E-state index in [1.807, 2.05) is 56.1 Å². The fraction of sp³-hybridized carbons (Fsp3) is 0.367. The number of amides is 1. The van der Waals surface area contributed by atoms with Crippen LogP contribution < -0.4 is 4.90 Å². The van der Waals surface area contributed by atoms with Crippen LogP contribution in [0.1, 0.15) is 39.4 Å². The molecular formula is C30H35Cl2N3O. The molecule has 36 heavy (non-hydrogen) atoms. The van der Waals surface area contributed by atoms with Gasteiger partial charge in [-0.1, -0.05) is 64.7 Å². The summed E-state index contributed by atoms with van der Waals surface area (Å²) in [5.41, 5.74) is 5.34. The first-order valence-electron chi connectivity index (χ1n) is 12.6. The number of aryl methyl sites for hydroxylation is 2. The van der Waals surface area contributed by atoms with Gasteiger partial charge < -0.3 is 9.80 Å². The van der Waals surface area contributed by atoms with Crippen molar-refractivity contribution in [1.29, 1.82) is 0 Å². The molecule has 0 aliphatic carbocycles. The zero-order valence-electron chi connectivity index (χ0n) is 21.4. The van der Waals surface area contributed by atoms with Gasteiger partial charge >= 0.3 is 0 Å². The lowest BCUT2D eigenvalue weighted by Crippen LogP contribution is -2.47. The second-order valence-electron chi connectivity index (χ2n) is 9.89. The van der Waals surface area contributed by atoms with E-state index in [2.05, 4.69) is 46.2 Å². The van der Waals surface area contributed by atoms with Crippen molar-refractivity contribution in [3.8, 4) is 0 Å². The summed E-state index contributed by atoms with van der Waals surface area (Å²) in [7, 11) is 1.89. The largest absolute Gasteiger partial charge is 0.369 e. The molecule has 0 spiro atoms. The Morgan fingerprint density at radius 1 is 0.889 bits per heavy atom. The van der Waals surface area contributed by atoms with Crippen molar-refractivity contribution in [3.05, 3.63) is 99.0 Å². The van der Waals surface area contributed by atoms with Crippen molar-refractivity contribution >= 4 is 34.8 Å². The van der Waals surface area contributed by atoms with Crippen LogP contribution in [0.3, 0.4) is 0 Å². The van der Waals surface area contributed by atoms with Crippen LogP contribution in [-0.4, -0.2) is 62.0 Å². The van der Waals surface area contributed by atoms with Crippen LogP contribution in [0, 0.1) is 13.8 Å². The van der Waals surface area contributed by atoms with E-state index in [4.69, 9.17) is 23.2 Å². The summed E-state index contributed by atoms with van der Waals surface area (Å²) in [4.78, 5) is 20.1. The molecule has 0 aromatic heterocycles. The van der Waals surface area contributed by atoms with Crippen LogP contribution in [-0.2, 0) is 0 Å². The maximum Gasteiger partial charge on any atom is 0.253 e. The number of rotatable bonds is 8. The quantitative estimate of drug-likeness (QED) is 0.329. The molecule has 0 radical (unpaired) electrons. The average Bonchev–Trinajstić information content (AvgIpc) is 2.88. The molecule has 4 nitrogen and oxygen atoms in total. The van der Waals surface area contributed by atoms with E-state index in [0.29, 0.717) is 16.6 Å². The first-order valence-corrected chi connectivity index (χ1v) is 13.4. The minimum atomic E-state index is 0.0448. The fourth-order valence-electron chi connectivity index (χ4n) is 5.07. The second kappa shape index (κ2) is 12.1. The molecule has 1 aliphatic rings. The zero-order chi connectivity index (χ0) is 25.7. The topological polar surface area (TPSA) is 26.8 Å². The van der Waals surface area contributed by atoms with Crippen LogP contribution in [0.15, 0.2) is 66.7 Å². The first-order chi connectivity index (χ1) is 17.3. The molecule has 1 unspecified atom stereocenters. The molecule has 4 rings (SSSR count). The Labute approximate surface area is 225 Å². The SMILES string of the molecule is Cc1cc(C)cc(C(=O)N(C)CC(CCN2CCN(c3ccccc3)CC2)c2ccc(Cl)c(Cl)c2)c1. The lowest BCUT2D eigenvalue weighted by Gasteiger charge is -2.37. The van der Waals surface area contributed by atoms with Crippen LogP contribution in [0.25, 0.3) is 0 Å². The number of anilines is 1. The third-order valence-corrected chi connectivity index (χ3v) is 7.75. The fourth-order valence-corrected chi connectivity index (χ4v) is 5.38. The third-order valence-electron chi connectivity index (χ3n) is 7.01. The molecule has 6 heteroatoms. The molecule has 1 heterocycles. The van der Waals surface area contributed by atoms with Gasteiger partial charge in [-0.25, -0.2) is 0 Å². The zero-order valence-corrected chi connectivity index (χ0v) is 22.9. The van der Waals surface area contributed by atoms with Gasteiger partial charge in [0.1, 0.15) is 0 Å². The van der Waals surface area contributed by atoms with Crippen molar-refractivity contribution in [2.24, 2.45) is 0 Å². The first kappa shape index (κ1) is 26.5. The van der Waals surface area contributed by atoms with Gasteiger partial charge in [0.15, 0.2) is 0 Å². The molecule has 190 valence electrons. The smallest absolute Gasteiger partial charge is 0.253 e. The van der Waals surface area contributed by atoms with Gasteiger partial charge in [0, 0.05) is 56.9 Å². The normalized spacial score (nSPS) is 15.1. The number of carbonyl (C=O) groups is 1. The molecule has 1 aliphatic heterocycles. The van der Waals surface area contributed by atoms with E-state index in [9.17, 15) is 4.79 Å². The van der Waals surface area contributed by atoms with Gasteiger partial charge in [-0.15, -0.1) is 0 Å². The van der Waals surface area contributed by atoms with E-state index < -0.39 is 0 Å². The van der Waals surface area contributed by atoms with Crippen molar-refractivity contribution < 1.29 is 4.79 Å². The van der Waals surface area contributed by atoms with Crippen LogP contribution >= 0.6 is 23.2 Å².